The smallest absolute Gasteiger partial charge is 0.232 e. The molecule has 0 N–H and O–H groups in total. The molecule has 3 aromatic rings. The Kier molecular flexibility index (Phi) is 5.32. The fourth-order valence-corrected chi connectivity index (χ4v) is 2.88. The van der Waals surface area contributed by atoms with Gasteiger partial charge in [-0.3, -0.25) is 0 Å². The molecule has 0 fully saturated rings. The Morgan fingerprint density at radius 2 is 1.58 bits per heavy atom. The lowest BCUT2D eigenvalue weighted by Crippen LogP contribution is -1.98. The van der Waals surface area contributed by atoms with Gasteiger partial charge in [-0.1, -0.05) is 29.3 Å². The van der Waals surface area contributed by atoms with Crippen molar-refractivity contribution in [2.45, 2.75) is 0 Å². The molecule has 0 spiro atoms. The van der Waals surface area contributed by atoms with E-state index in [0.717, 1.165) is 16.9 Å². The third-order valence-corrected chi connectivity index (χ3v) is 4.65. The second-order valence-corrected chi connectivity index (χ2v) is 6.22. The van der Waals surface area contributed by atoms with Crippen molar-refractivity contribution in [3.05, 3.63) is 64.1 Å². The van der Waals surface area contributed by atoms with Crippen molar-refractivity contribution in [2.24, 2.45) is 0 Å². The van der Waals surface area contributed by atoms with Crippen LogP contribution in [0.3, 0.4) is 0 Å². The summed E-state index contributed by atoms with van der Waals surface area (Å²) in [4.78, 5) is 4.47. The van der Waals surface area contributed by atoms with Crippen LogP contribution in [-0.2, 0) is 0 Å². The van der Waals surface area contributed by atoms with E-state index in [0.29, 0.717) is 26.9 Å². The van der Waals surface area contributed by atoms with Crippen LogP contribution in [0.1, 0.15) is 5.56 Å². The van der Waals surface area contributed by atoms with Gasteiger partial charge in [0.15, 0.2) is 0 Å². The molecule has 130 valence electrons. The Morgan fingerprint density at radius 1 is 0.885 bits per heavy atom. The minimum Gasteiger partial charge on any atom is -0.497 e. The first-order chi connectivity index (χ1) is 12.6. The van der Waals surface area contributed by atoms with E-state index in [1.165, 1.54) is 7.11 Å². The van der Waals surface area contributed by atoms with Crippen LogP contribution in [-0.4, -0.2) is 19.2 Å². The lowest BCUT2D eigenvalue weighted by Gasteiger charge is -2.12. The number of nitrogens with zero attached hydrogens (tertiary/aromatic N) is 2. The van der Waals surface area contributed by atoms with Gasteiger partial charge in [-0.2, -0.15) is 5.26 Å². The minimum absolute atomic E-state index is 0.252. The Hall–Kier alpha value is -2.74. The molecule has 4 nitrogen and oxygen atoms in total. The van der Waals surface area contributed by atoms with E-state index in [4.69, 9.17) is 32.7 Å². The van der Waals surface area contributed by atoms with Crippen LogP contribution in [0.25, 0.3) is 22.4 Å². The molecule has 0 aliphatic carbocycles. The summed E-state index contributed by atoms with van der Waals surface area (Å²) in [6.07, 6.45) is 0. The van der Waals surface area contributed by atoms with Crippen molar-refractivity contribution in [1.82, 2.24) is 4.98 Å². The molecule has 0 atom stereocenters. The number of aromatic nitrogens is 1. The minimum atomic E-state index is 0.252. The molecule has 0 amide bonds. The van der Waals surface area contributed by atoms with Crippen LogP contribution in [0.5, 0.6) is 11.6 Å². The quantitative estimate of drug-likeness (QED) is 0.586. The highest BCUT2D eigenvalue weighted by atomic mass is 35.5. The van der Waals surface area contributed by atoms with Crippen LogP contribution in [0, 0.1) is 11.3 Å². The molecule has 0 aliphatic heterocycles. The Morgan fingerprint density at radius 3 is 2.15 bits per heavy atom. The van der Waals surface area contributed by atoms with Crippen LogP contribution in [0.2, 0.25) is 10.0 Å². The van der Waals surface area contributed by atoms with Gasteiger partial charge in [-0.05, 0) is 48.0 Å². The molecule has 0 saturated heterocycles. The summed E-state index contributed by atoms with van der Waals surface area (Å²) in [5.41, 5.74) is 3.30. The van der Waals surface area contributed by atoms with Crippen LogP contribution in [0.15, 0.2) is 48.5 Å². The maximum atomic E-state index is 9.60. The third kappa shape index (κ3) is 3.45. The number of benzene rings is 2. The second-order valence-electron chi connectivity index (χ2n) is 5.41. The van der Waals surface area contributed by atoms with Gasteiger partial charge in [0.2, 0.25) is 5.88 Å². The first-order valence-corrected chi connectivity index (χ1v) is 8.42. The lowest BCUT2D eigenvalue weighted by molar-refractivity contribution is 0.397. The Labute approximate surface area is 161 Å². The van der Waals surface area contributed by atoms with Crippen molar-refractivity contribution in [1.29, 1.82) is 5.26 Å². The summed E-state index contributed by atoms with van der Waals surface area (Å²) >= 11 is 12.2. The summed E-state index contributed by atoms with van der Waals surface area (Å²) in [6, 6.07) is 16.7. The first kappa shape index (κ1) is 18.1. The third-order valence-electron chi connectivity index (χ3n) is 3.91. The monoisotopic (exact) mass is 384 g/mol. The standard InChI is InChI=1S/C20H14Cl2N2O2/c1-25-14-6-3-12(4-7-14)19-10-15(16(11-23)20(24-19)26-2)13-5-8-17(21)18(22)9-13/h3-10H,1-2H3. The molecular weight excluding hydrogens is 371 g/mol. The molecule has 0 saturated carbocycles. The van der Waals surface area contributed by atoms with Crippen molar-refractivity contribution in [3.8, 4) is 40.1 Å². The highest BCUT2D eigenvalue weighted by Crippen LogP contribution is 2.36. The number of ether oxygens (including phenoxy) is 2. The highest BCUT2D eigenvalue weighted by molar-refractivity contribution is 6.42. The largest absolute Gasteiger partial charge is 0.497 e. The van der Waals surface area contributed by atoms with E-state index in [1.54, 1.807) is 19.2 Å². The Balaban J connectivity index is 2.21. The van der Waals surface area contributed by atoms with Gasteiger partial charge < -0.3 is 9.47 Å². The predicted octanol–water partition coefficient (Wildman–Crippen LogP) is 5.61. The molecule has 0 radical (unpaired) electrons. The Bertz CT molecular complexity index is 996. The highest BCUT2D eigenvalue weighted by Gasteiger charge is 2.16. The fraction of sp³-hybridized carbons (Fsp3) is 0.100. The summed E-state index contributed by atoms with van der Waals surface area (Å²) in [5.74, 6) is 1.00. The summed E-state index contributed by atoms with van der Waals surface area (Å²) < 4.78 is 10.5. The zero-order valence-electron chi connectivity index (χ0n) is 14.1. The van der Waals surface area contributed by atoms with E-state index in [2.05, 4.69) is 11.1 Å². The molecule has 2 aromatic carbocycles. The predicted molar refractivity (Wildman–Crippen MR) is 103 cm³/mol. The maximum Gasteiger partial charge on any atom is 0.232 e. The summed E-state index contributed by atoms with van der Waals surface area (Å²) in [6.45, 7) is 0. The van der Waals surface area contributed by atoms with Crippen molar-refractivity contribution in [2.75, 3.05) is 14.2 Å². The van der Waals surface area contributed by atoms with Crippen molar-refractivity contribution in [3.63, 3.8) is 0 Å². The van der Waals surface area contributed by atoms with Gasteiger partial charge in [0, 0.05) is 11.1 Å². The molecule has 3 rings (SSSR count). The number of halogens is 2. The number of hydrogen-bond donors (Lipinski definition) is 0. The van der Waals surface area contributed by atoms with Gasteiger partial charge in [0.1, 0.15) is 17.4 Å². The number of hydrogen-bond acceptors (Lipinski definition) is 4. The van der Waals surface area contributed by atoms with Gasteiger partial charge in [0.25, 0.3) is 0 Å². The van der Waals surface area contributed by atoms with Crippen molar-refractivity contribution < 1.29 is 9.47 Å². The average molecular weight is 385 g/mol. The van der Waals surface area contributed by atoms with Gasteiger partial charge in [-0.25, -0.2) is 4.98 Å². The van der Waals surface area contributed by atoms with Gasteiger partial charge >= 0.3 is 0 Å². The molecule has 1 aromatic heterocycles. The second kappa shape index (κ2) is 7.65. The molecule has 6 heteroatoms. The van der Waals surface area contributed by atoms with E-state index >= 15 is 0 Å². The van der Waals surface area contributed by atoms with Gasteiger partial charge in [0.05, 0.1) is 30.0 Å². The number of nitriles is 1. The zero-order valence-corrected chi connectivity index (χ0v) is 15.6. The molecule has 26 heavy (non-hydrogen) atoms. The van der Waals surface area contributed by atoms with E-state index in [1.807, 2.05) is 36.4 Å². The van der Waals surface area contributed by atoms with Crippen LogP contribution in [0.4, 0.5) is 0 Å². The first-order valence-electron chi connectivity index (χ1n) is 7.66. The number of pyridine rings is 1. The molecule has 0 unspecified atom stereocenters. The summed E-state index contributed by atoms with van der Waals surface area (Å²) in [5, 5.41) is 10.5. The SMILES string of the molecule is COc1ccc(-c2cc(-c3ccc(Cl)c(Cl)c3)c(C#N)c(OC)n2)cc1. The van der Waals surface area contributed by atoms with E-state index in [9.17, 15) is 5.26 Å². The average Bonchev–Trinajstić information content (AvgIpc) is 2.69. The lowest BCUT2D eigenvalue weighted by atomic mass is 9.99. The van der Waals surface area contributed by atoms with Crippen LogP contribution >= 0.6 is 23.2 Å². The zero-order chi connectivity index (χ0) is 18.7. The van der Waals surface area contributed by atoms with E-state index in [-0.39, 0.29) is 5.88 Å². The normalized spacial score (nSPS) is 10.3. The molecule has 0 aliphatic rings. The number of rotatable bonds is 4. The van der Waals surface area contributed by atoms with Crippen LogP contribution < -0.4 is 9.47 Å². The fourth-order valence-electron chi connectivity index (χ4n) is 2.58. The topological polar surface area (TPSA) is 55.1 Å². The summed E-state index contributed by atoms with van der Waals surface area (Å²) in [7, 11) is 3.10. The molecular formula is C20H14Cl2N2O2. The molecule has 1 heterocycles. The number of methoxy groups -OCH3 is 2. The van der Waals surface area contributed by atoms with Crippen molar-refractivity contribution >= 4 is 23.2 Å². The van der Waals surface area contributed by atoms with Gasteiger partial charge in [-0.15, -0.1) is 0 Å². The maximum absolute atomic E-state index is 9.60. The molecule has 0 bridgehead atoms. The van der Waals surface area contributed by atoms with E-state index < -0.39 is 0 Å².